The third-order valence-corrected chi connectivity index (χ3v) is 6.96. The van der Waals surface area contributed by atoms with E-state index in [4.69, 9.17) is 0 Å². The van der Waals surface area contributed by atoms with E-state index in [1.54, 1.807) is 0 Å². The van der Waals surface area contributed by atoms with Gasteiger partial charge in [-0.15, -0.1) is 0 Å². The molecule has 0 radical (unpaired) electrons. The van der Waals surface area contributed by atoms with E-state index in [0.717, 1.165) is 18.2 Å². The first-order valence-corrected chi connectivity index (χ1v) is 14.1. The maximum absolute atomic E-state index is 10.6. The number of hydrogen-bond donors (Lipinski definition) is 3. The van der Waals surface area contributed by atoms with Crippen molar-refractivity contribution in [2.45, 2.75) is 14.7 Å². The monoisotopic (exact) mass is 688 g/mol. The molecule has 41 heavy (non-hydrogen) atoms. The topological polar surface area (TPSA) is 260 Å². The predicted molar refractivity (Wildman–Crippen MR) is 134 cm³/mol. The molecule has 0 saturated carbocycles. The van der Waals surface area contributed by atoms with Crippen LogP contribution in [0.2, 0.25) is 0 Å². The van der Waals surface area contributed by atoms with Crippen molar-refractivity contribution in [3.8, 4) is 34.5 Å². The Bertz CT molecular complexity index is 1430. The first kappa shape index (κ1) is 42.2. The number of aromatic hydroxyl groups is 3. The molecule has 0 saturated heterocycles. The van der Waals surface area contributed by atoms with Crippen LogP contribution in [0.5, 0.6) is 34.5 Å². The number of phenols is 3. The molecule has 0 bridgehead atoms. The van der Waals surface area contributed by atoms with Crippen LogP contribution in [0.3, 0.4) is 0 Å². The van der Waals surface area contributed by atoms with Crippen LogP contribution >= 0.6 is 0 Å². The first-order chi connectivity index (χ1) is 17.9. The third-order valence-electron chi connectivity index (χ3n) is 4.35. The van der Waals surface area contributed by atoms with Gasteiger partial charge in [0, 0.05) is 0 Å². The smallest absolute Gasteiger partial charge is 0.744 e. The number of methoxy groups -OCH3 is 3. The summed E-state index contributed by atoms with van der Waals surface area (Å²) < 4.78 is 109. The van der Waals surface area contributed by atoms with E-state index < -0.39 is 62.3 Å². The summed E-state index contributed by atoms with van der Waals surface area (Å²) in [5.74, 6) is -2.09. The molecule has 3 aromatic rings. The molecule has 0 aliphatic rings. The normalized spacial score (nSPS) is 10.7. The van der Waals surface area contributed by atoms with Crippen molar-refractivity contribution < 1.29 is 120 Å². The van der Waals surface area contributed by atoms with Crippen molar-refractivity contribution in [1.82, 2.24) is 0 Å². The van der Waals surface area contributed by atoms with E-state index in [1.807, 2.05) is 0 Å². The molecule has 0 unspecified atom stereocenters. The Hall–Kier alpha value is -0.914. The molecule has 0 aliphatic carbocycles. The standard InChI is InChI=1S/3C7H8O5S.Ca.K/c3*1-12-5-3-2-4-6(7(5)8)13(9,10)11;;/h3*2-4,8H,1H3,(H,9,10,11);;/q;;;+2;+1/p-3. The van der Waals surface area contributed by atoms with E-state index in [1.165, 1.54) is 57.7 Å². The molecule has 0 spiro atoms. The van der Waals surface area contributed by atoms with Crippen molar-refractivity contribution in [3.63, 3.8) is 0 Å². The van der Waals surface area contributed by atoms with Crippen molar-refractivity contribution in [3.05, 3.63) is 54.6 Å². The molecule has 3 aromatic carbocycles. The van der Waals surface area contributed by atoms with Gasteiger partial charge in [0.25, 0.3) is 0 Å². The molecule has 0 heterocycles. The Labute approximate surface area is 308 Å². The average molecular weight is 689 g/mol. The van der Waals surface area contributed by atoms with Gasteiger partial charge in [-0.3, -0.25) is 0 Å². The summed E-state index contributed by atoms with van der Waals surface area (Å²) in [4.78, 5) is -2.02. The van der Waals surface area contributed by atoms with Crippen molar-refractivity contribution in [2.24, 2.45) is 0 Å². The summed E-state index contributed by atoms with van der Waals surface area (Å²) in [6.45, 7) is 0. The van der Waals surface area contributed by atoms with Gasteiger partial charge in [0.1, 0.15) is 30.4 Å². The van der Waals surface area contributed by atoms with Crippen molar-refractivity contribution >= 4 is 68.1 Å². The van der Waals surface area contributed by atoms with E-state index in [0.29, 0.717) is 0 Å². The number of phenolic OH excluding ortho intramolecular Hbond substituents is 3. The molecule has 0 fully saturated rings. The predicted octanol–water partition coefficient (Wildman–Crippen LogP) is -2.46. The van der Waals surface area contributed by atoms with E-state index >= 15 is 0 Å². The minimum absolute atomic E-state index is 0. The molecule has 216 valence electrons. The van der Waals surface area contributed by atoms with Gasteiger partial charge < -0.3 is 43.2 Å². The van der Waals surface area contributed by atoms with Gasteiger partial charge in [0.15, 0.2) is 34.5 Å². The molecular formula is C21H21CaKO15S3. The second kappa shape index (κ2) is 18.0. The quantitative estimate of drug-likeness (QED) is 0.179. The molecule has 0 aromatic heterocycles. The van der Waals surface area contributed by atoms with E-state index in [-0.39, 0.29) is 106 Å². The fourth-order valence-corrected chi connectivity index (χ4v) is 4.35. The summed E-state index contributed by atoms with van der Waals surface area (Å²) >= 11 is 0. The molecule has 0 aliphatic heterocycles. The van der Waals surface area contributed by atoms with Gasteiger partial charge in [-0.1, -0.05) is 18.2 Å². The molecule has 0 amide bonds. The van der Waals surface area contributed by atoms with Crippen molar-refractivity contribution in [2.75, 3.05) is 21.3 Å². The van der Waals surface area contributed by atoms with Crippen LogP contribution in [0.15, 0.2) is 69.3 Å². The maximum Gasteiger partial charge on any atom is 2.00 e. The van der Waals surface area contributed by atoms with Crippen LogP contribution in [-0.2, 0) is 30.4 Å². The summed E-state index contributed by atoms with van der Waals surface area (Å²) in [7, 11) is -10.2. The van der Waals surface area contributed by atoms with Crippen LogP contribution in [0.4, 0.5) is 0 Å². The molecule has 20 heteroatoms. The Morgan fingerprint density at radius 1 is 0.512 bits per heavy atom. The maximum atomic E-state index is 10.6. The molecule has 3 rings (SSSR count). The largest absolute Gasteiger partial charge is 2.00 e. The van der Waals surface area contributed by atoms with Crippen LogP contribution in [0, 0.1) is 0 Å². The van der Waals surface area contributed by atoms with Gasteiger partial charge in [-0.25, -0.2) is 25.3 Å². The average Bonchev–Trinajstić information content (AvgIpc) is 2.83. The zero-order valence-corrected chi connectivity index (χ0v) is 29.6. The minimum Gasteiger partial charge on any atom is -0.744 e. The molecule has 3 N–H and O–H groups in total. The van der Waals surface area contributed by atoms with Crippen molar-refractivity contribution in [1.29, 1.82) is 0 Å². The number of para-hydroxylation sites is 3. The second-order valence-corrected chi connectivity index (χ2v) is 10.8. The Balaban J connectivity index is 0. The third kappa shape index (κ3) is 12.7. The van der Waals surface area contributed by atoms with Crippen LogP contribution in [0.25, 0.3) is 0 Å². The summed E-state index contributed by atoms with van der Waals surface area (Å²) in [5, 5.41) is 27.7. The van der Waals surface area contributed by atoms with E-state index in [2.05, 4.69) is 14.2 Å². The number of benzene rings is 3. The molecule has 0 atom stereocenters. The zero-order chi connectivity index (χ0) is 30.2. The van der Waals surface area contributed by atoms with E-state index in [9.17, 15) is 54.2 Å². The SMILES string of the molecule is COc1cccc(S(=O)(=O)[O-])c1O.COc1cccc(S(=O)(=O)[O-])c1O.COc1cccc(S(=O)(=O)[O-])c1O.[Ca+2].[K+]. The number of hydrogen-bond acceptors (Lipinski definition) is 15. The zero-order valence-electron chi connectivity index (χ0n) is 21.9. The summed E-state index contributed by atoms with van der Waals surface area (Å²) in [6, 6.07) is 11.0. The van der Waals surface area contributed by atoms with Crippen LogP contribution in [0.1, 0.15) is 0 Å². The van der Waals surface area contributed by atoms with Crippen LogP contribution in [-0.4, -0.2) is 113 Å². The Morgan fingerprint density at radius 2 is 0.707 bits per heavy atom. The number of ether oxygens (including phenoxy) is 3. The van der Waals surface area contributed by atoms with Gasteiger partial charge >= 0.3 is 89.1 Å². The van der Waals surface area contributed by atoms with Gasteiger partial charge in [-0.2, -0.15) is 0 Å². The van der Waals surface area contributed by atoms with Gasteiger partial charge in [0.2, 0.25) is 0 Å². The molecule has 15 nitrogen and oxygen atoms in total. The first-order valence-electron chi connectivity index (χ1n) is 9.85. The molecular weight excluding hydrogens is 668 g/mol. The minimum atomic E-state index is -4.65. The Morgan fingerprint density at radius 3 is 0.854 bits per heavy atom. The summed E-state index contributed by atoms with van der Waals surface area (Å²) in [6.07, 6.45) is 0. The Kier molecular flexibility index (Phi) is 18.6. The van der Waals surface area contributed by atoms with Gasteiger partial charge in [0.05, 0.1) is 36.0 Å². The van der Waals surface area contributed by atoms with Crippen LogP contribution < -0.4 is 65.6 Å². The fraction of sp³-hybridized carbons (Fsp3) is 0.143. The van der Waals surface area contributed by atoms with Gasteiger partial charge in [-0.05, 0) is 36.4 Å². The second-order valence-electron chi connectivity index (χ2n) is 6.78. The fourth-order valence-electron chi connectivity index (χ4n) is 2.61. The summed E-state index contributed by atoms with van der Waals surface area (Å²) in [5.41, 5.74) is 0. The number of rotatable bonds is 6.